The van der Waals surface area contributed by atoms with E-state index in [-0.39, 0.29) is 107 Å². The van der Waals surface area contributed by atoms with Crippen LogP contribution in [0.15, 0.2) is 0 Å². The lowest BCUT2D eigenvalue weighted by atomic mass is 9.42. The molecule has 0 aromatic carbocycles. The number of hydrogen-bond donors (Lipinski definition) is 6. The van der Waals surface area contributed by atoms with E-state index in [1.54, 1.807) is 0 Å². The first-order valence-corrected chi connectivity index (χ1v) is 25.9. The van der Waals surface area contributed by atoms with Crippen LogP contribution in [0.25, 0.3) is 0 Å². The summed E-state index contributed by atoms with van der Waals surface area (Å²) in [5, 5.41) is 68.9. The Morgan fingerprint density at radius 2 is 0.918 bits per heavy atom. The van der Waals surface area contributed by atoms with E-state index >= 15 is 0 Å². The van der Waals surface area contributed by atoms with Gasteiger partial charge in [0.25, 0.3) is 0 Å². The number of hydrogen-bond acceptors (Lipinski definition) is 11. The average Bonchev–Trinajstić information content (AvgIpc) is 3.76. The van der Waals surface area contributed by atoms with E-state index in [1.165, 1.54) is 0 Å². The molecule has 348 valence electrons. The molecule has 0 bridgehead atoms. The molecule has 11 nitrogen and oxygen atoms in total. The summed E-state index contributed by atoms with van der Waals surface area (Å²) in [7, 11) is 0. The van der Waals surface area contributed by atoms with Gasteiger partial charge in [0.1, 0.15) is 46.0 Å². The highest BCUT2D eigenvalue weighted by molar-refractivity contribution is 14.1. The maximum Gasteiger partial charge on any atom is 0.313 e. The summed E-state index contributed by atoms with van der Waals surface area (Å²) in [6, 6.07) is 0. The number of aliphatic hydroxyl groups is 6. The van der Waals surface area contributed by atoms with E-state index in [1.807, 2.05) is 46.0 Å². The second kappa shape index (κ2) is 17.7. The summed E-state index contributed by atoms with van der Waals surface area (Å²) >= 11 is 3.94. The van der Waals surface area contributed by atoms with Gasteiger partial charge in [-0.3, -0.25) is 9.59 Å². The van der Waals surface area contributed by atoms with Crippen molar-refractivity contribution in [2.24, 2.45) is 92.7 Å². The average molecular weight is 1080 g/mol. The maximum atomic E-state index is 13.2. The molecule has 0 spiro atoms. The lowest BCUT2D eigenvalue weighted by molar-refractivity contribution is -0.226. The minimum Gasteiger partial charge on any atom is -0.393 e. The van der Waals surface area contributed by atoms with Crippen LogP contribution in [0.1, 0.15) is 144 Å². The first-order valence-electron chi connectivity index (χ1n) is 24.1. The Balaban J connectivity index is 0.845. The van der Waals surface area contributed by atoms with Gasteiger partial charge in [0.15, 0.2) is 0 Å². The lowest BCUT2D eigenvalue weighted by Crippen LogP contribution is -2.65. The van der Waals surface area contributed by atoms with Crippen LogP contribution in [0.5, 0.6) is 0 Å². The van der Waals surface area contributed by atoms with E-state index in [9.17, 15) is 40.2 Å². The predicted octanol–water partition coefficient (Wildman–Crippen LogP) is 7.50. The highest BCUT2D eigenvalue weighted by atomic mass is 127. The summed E-state index contributed by atoms with van der Waals surface area (Å²) in [4.78, 5) is 26.4. The molecule has 8 saturated carbocycles. The van der Waals surface area contributed by atoms with Crippen LogP contribution >= 0.6 is 46.0 Å². The molecule has 13 heteroatoms. The van der Waals surface area contributed by atoms with Crippen LogP contribution in [-0.2, 0) is 20.5 Å². The van der Waals surface area contributed by atoms with Gasteiger partial charge < -0.3 is 41.5 Å². The van der Waals surface area contributed by atoms with E-state index in [4.69, 9.17) is 10.9 Å². The molecule has 0 amide bonds. The van der Waals surface area contributed by atoms with Crippen molar-refractivity contribution in [1.29, 1.82) is 0 Å². The van der Waals surface area contributed by atoms with Gasteiger partial charge in [-0.25, -0.2) is 0 Å². The molecule has 24 atom stereocenters. The Bertz CT molecular complexity index is 1510. The molecule has 61 heavy (non-hydrogen) atoms. The highest BCUT2D eigenvalue weighted by Crippen LogP contribution is 2.71. The van der Waals surface area contributed by atoms with Crippen molar-refractivity contribution >= 4 is 58.0 Å². The summed E-state index contributed by atoms with van der Waals surface area (Å²) in [5.74, 6) is 0.365. The zero-order valence-electron chi connectivity index (χ0n) is 37.3. The van der Waals surface area contributed by atoms with E-state index < -0.39 is 59.4 Å². The van der Waals surface area contributed by atoms with E-state index in [0.717, 1.165) is 25.7 Å². The summed E-state index contributed by atoms with van der Waals surface area (Å²) in [6.45, 7) is 13.3. The van der Waals surface area contributed by atoms with Gasteiger partial charge in [0.2, 0.25) is 0 Å². The van der Waals surface area contributed by atoms with Crippen molar-refractivity contribution in [3.63, 3.8) is 0 Å². The van der Waals surface area contributed by atoms with Gasteiger partial charge in [-0.15, -0.1) is 0 Å². The van der Waals surface area contributed by atoms with Gasteiger partial charge in [0.05, 0.1) is 48.8 Å². The number of fused-ring (bicyclic) bond motifs is 10. The van der Waals surface area contributed by atoms with E-state index in [2.05, 4.69) is 41.5 Å². The first-order chi connectivity index (χ1) is 28.7. The Hall–Kier alpha value is 0.280. The lowest BCUT2D eigenvalue weighted by Gasteiger charge is -2.64. The first kappa shape index (κ1) is 47.8. The molecule has 0 aromatic heterocycles. The number of carbonyl (C=O) groups excluding carboxylic acids is 2. The third-order valence-corrected chi connectivity index (χ3v) is 22.4. The van der Waals surface area contributed by atoms with Crippen LogP contribution < -0.4 is 0 Å². The van der Waals surface area contributed by atoms with E-state index in [0.29, 0.717) is 64.2 Å². The molecular formula is C48H76I2O11. The summed E-state index contributed by atoms with van der Waals surface area (Å²) in [5.41, 5.74) is -1.28. The van der Waals surface area contributed by atoms with Crippen LogP contribution in [0, 0.1) is 92.7 Å². The molecule has 0 heterocycles. The fourth-order valence-corrected chi connectivity index (χ4v) is 19.4. The minimum atomic E-state index is -0.555. The van der Waals surface area contributed by atoms with Crippen molar-refractivity contribution in [1.82, 2.24) is 0 Å². The Morgan fingerprint density at radius 1 is 0.541 bits per heavy atom. The standard InChI is InChI=1S/C48H76I2O11/c1-23(29-9-11-31-43-33(21-37(55)47(29,31)5)45(3)25(17-35(43)53)15-27(51)19-39(45)60-49)7-13-41(57)59-42(58)14-8-24(2)30-10-12-32-44-34(22-38(56)48(30,32)6)46(4)26(18-36(44)54)16-28(52)20-40(46)61-50/h23-40,43-44,51-56H,7-22H2,1-6H3/t23-,24-,25+,26+,27+,28+,29-,30-,31+,32?,33+,34?,35-,36-,37+,38+,39?,40?,43+,44?,45+,46+,47-,48-/m1/s1. The molecule has 8 fully saturated rings. The van der Waals surface area contributed by atoms with Gasteiger partial charge in [0, 0.05) is 36.5 Å². The third kappa shape index (κ3) is 7.59. The molecule has 5 unspecified atom stereocenters. The number of halogens is 2. The van der Waals surface area contributed by atoms with Crippen molar-refractivity contribution in [2.45, 2.75) is 193 Å². The highest BCUT2D eigenvalue weighted by Gasteiger charge is 2.69. The minimum absolute atomic E-state index is 0.0444. The van der Waals surface area contributed by atoms with Crippen LogP contribution in [-0.4, -0.2) is 91.4 Å². The smallest absolute Gasteiger partial charge is 0.313 e. The second-order valence-corrected chi connectivity index (χ2v) is 24.2. The fourth-order valence-electron chi connectivity index (χ4n) is 17.9. The molecule has 8 rings (SSSR count). The van der Waals surface area contributed by atoms with Crippen molar-refractivity contribution in [3.8, 4) is 0 Å². The number of esters is 2. The van der Waals surface area contributed by atoms with Gasteiger partial charge in [-0.05, 0) is 159 Å². The Kier molecular flexibility index (Phi) is 13.9. The molecular weight excluding hydrogens is 1010 g/mol. The largest absolute Gasteiger partial charge is 0.393 e. The molecule has 0 aliphatic heterocycles. The molecule has 0 saturated heterocycles. The molecule has 0 radical (unpaired) electrons. The summed E-state index contributed by atoms with van der Waals surface area (Å²) < 4.78 is 17.4. The molecule has 0 aromatic rings. The van der Waals surface area contributed by atoms with Gasteiger partial charge in [-0.2, -0.15) is 0 Å². The number of aliphatic hydroxyl groups excluding tert-OH is 6. The number of carbonyl (C=O) groups is 2. The zero-order chi connectivity index (χ0) is 44.1. The SMILES string of the molecule is C[C@H](CCC(=O)OC(=O)CC[C@@H](C)[C@H]1CC[C@H]2[C@@H]3[C@H](O)C[C@@H]4C[C@H](O)CC(OI)[C@]4(C)[C@H]3C[C@H](O)[C@]12C)[C@H]1CCC2C3C(C[C@H](O)[C@@]21C)[C@@]1(C)C(OI)C[C@@H](O)C[C@H]1C[C@H]3O. The monoisotopic (exact) mass is 1080 g/mol. The molecule has 8 aliphatic rings. The normalized spacial score (nSPS) is 53.6. The third-order valence-electron chi connectivity index (χ3n) is 21.2. The summed E-state index contributed by atoms with van der Waals surface area (Å²) in [6.07, 6.45) is 6.71. The van der Waals surface area contributed by atoms with Crippen LogP contribution in [0.2, 0.25) is 0 Å². The maximum absolute atomic E-state index is 13.2. The Morgan fingerprint density at radius 3 is 1.28 bits per heavy atom. The van der Waals surface area contributed by atoms with Gasteiger partial charge in [-0.1, -0.05) is 41.5 Å². The van der Waals surface area contributed by atoms with Crippen LogP contribution in [0.3, 0.4) is 0 Å². The number of rotatable bonds is 10. The van der Waals surface area contributed by atoms with Crippen LogP contribution in [0.4, 0.5) is 0 Å². The molecule has 6 N–H and O–H groups in total. The quantitative estimate of drug-likeness (QED) is 0.0724. The molecule has 8 aliphatic carbocycles. The van der Waals surface area contributed by atoms with Crippen molar-refractivity contribution < 1.29 is 51.1 Å². The van der Waals surface area contributed by atoms with Crippen molar-refractivity contribution in [3.05, 3.63) is 0 Å². The van der Waals surface area contributed by atoms with Crippen molar-refractivity contribution in [2.75, 3.05) is 0 Å². The number of ether oxygens (including phenoxy) is 1. The Labute approximate surface area is 392 Å². The second-order valence-electron chi connectivity index (χ2n) is 23.2. The predicted molar refractivity (Wildman–Crippen MR) is 244 cm³/mol. The fraction of sp³-hybridized carbons (Fsp3) is 0.958. The zero-order valence-corrected chi connectivity index (χ0v) is 41.7. The van der Waals surface area contributed by atoms with Gasteiger partial charge >= 0.3 is 11.9 Å². The topological polar surface area (TPSA) is 183 Å².